The van der Waals surface area contributed by atoms with E-state index in [0.717, 1.165) is 34.9 Å². The fourth-order valence-electron chi connectivity index (χ4n) is 2.31. The number of ether oxygens (including phenoxy) is 1. The molecule has 2 aliphatic rings. The first kappa shape index (κ1) is 15.7. The van der Waals surface area contributed by atoms with Crippen molar-refractivity contribution >= 4 is 44.9 Å². The topological polar surface area (TPSA) is 49.9 Å². The molecule has 2 saturated heterocycles. The summed E-state index contributed by atoms with van der Waals surface area (Å²) in [7, 11) is 0. The van der Waals surface area contributed by atoms with Crippen molar-refractivity contribution in [1.29, 1.82) is 0 Å². The molecule has 0 atom stereocenters. The van der Waals surface area contributed by atoms with E-state index >= 15 is 0 Å². The van der Waals surface area contributed by atoms with Gasteiger partial charge in [-0.1, -0.05) is 28.1 Å². The minimum Gasteiger partial charge on any atom is -0.379 e. The van der Waals surface area contributed by atoms with Crippen LogP contribution in [-0.4, -0.2) is 53.9 Å². The van der Waals surface area contributed by atoms with Gasteiger partial charge < -0.3 is 4.74 Å². The first-order chi connectivity index (χ1) is 10.6. The predicted octanol–water partition coefficient (Wildman–Crippen LogP) is 2.78. The predicted molar refractivity (Wildman–Crippen MR) is 89.2 cm³/mol. The third-order valence-corrected chi connectivity index (χ3v) is 4.87. The van der Waals surface area contributed by atoms with E-state index < -0.39 is 0 Å². The van der Waals surface area contributed by atoms with Crippen molar-refractivity contribution in [3.8, 4) is 0 Å². The number of amides is 2. The molecule has 0 N–H and O–H groups in total. The van der Waals surface area contributed by atoms with Gasteiger partial charge in [-0.3, -0.25) is 19.4 Å². The summed E-state index contributed by atoms with van der Waals surface area (Å²) in [6.45, 7) is 3.11. The molecule has 0 aliphatic carbocycles. The third kappa shape index (κ3) is 3.60. The second-order valence-corrected chi connectivity index (χ2v) is 6.95. The molecule has 2 heterocycles. The van der Waals surface area contributed by atoms with Gasteiger partial charge in [-0.25, -0.2) is 0 Å². The summed E-state index contributed by atoms with van der Waals surface area (Å²) >= 11 is 4.40. The normalized spacial score (nSPS) is 21.9. The minimum absolute atomic E-state index is 0.210. The third-order valence-electron chi connectivity index (χ3n) is 3.47. The number of hydrogen-bond donors (Lipinski definition) is 0. The molecule has 0 aromatic heterocycles. The van der Waals surface area contributed by atoms with Gasteiger partial charge in [0.05, 0.1) is 24.8 Å². The van der Waals surface area contributed by atoms with Gasteiger partial charge in [0.25, 0.3) is 11.1 Å². The van der Waals surface area contributed by atoms with Crippen LogP contribution in [0.2, 0.25) is 0 Å². The molecule has 2 aliphatic heterocycles. The second-order valence-electron chi connectivity index (χ2n) is 5.04. The molecule has 2 fully saturated rings. The Labute approximate surface area is 141 Å². The highest BCUT2D eigenvalue weighted by Gasteiger charge is 2.36. The van der Waals surface area contributed by atoms with E-state index in [4.69, 9.17) is 4.74 Å². The van der Waals surface area contributed by atoms with Crippen molar-refractivity contribution in [2.24, 2.45) is 0 Å². The maximum absolute atomic E-state index is 12.4. The van der Waals surface area contributed by atoms with Crippen LogP contribution in [0, 0.1) is 0 Å². The second kappa shape index (κ2) is 6.95. The van der Waals surface area contributed by atoms with Gasteiger partial charge in [-0.2, -0.15) is 0 Å². The summed E-state index contributed by atoms with van der Waals surface area (Å²) < 4.78 is 6.22. The Balaban J connectivity index is 1.73. The minimum atomic E-state index is -0.221. The van der Waals surface area contributed by atoms with Crippen molar-refractivity contribution in [2.75, 3.05) is 33.0 Å². The zero-order valence-electron chi connectivity index (χ0n) is 11.8. The lowest BCUT2D eigenvalue weighted by Gasteiger charge is -2.29. The van der Waals surface area contributed by atoms with Gasteiger partial charge in [0.15, 0.2) is 0 Å². The Kier molecular flexibility index (Phi) is 4.97. The fraction of sp³-hybridized carbons (Fsp3) is 0.333. The molecule has 0 bridgehead atoms. The fourth-order valence-corrected chi connectivity index (χ4v) is 3.56. The van der Waals surface area contributed by atoms with Gasteiger partial charge in [-0.15, -0.1) is 0 Å². The highest BCUT2D eigenvalue weighted by atomic mass is 79.9. The Bertz CT molecular complexity index is 629. The van der Waals surface area contributed by atoms with E-state index in [9.17, 15) is 9.59 Å². The van der Waals surface area contributed by atoms with E-state index in [1.807, 2.05) is 24.3 Å². The molecule has 0 saturated carbocycles. The zero-order valence-corrected chi connectivity index (χ0v) is 14.2. The van der Waals surface area contributed by atoms with Gasteiger partial charge in [0, 0.05) is 17.6 Å². The van der Waals surface area contributed by atoms with Crippen molar-refractivity contribution in [1.82, 2.24) is 9.80 Å². The highest BCUT2D eigenvalue weighted by molar-refractivity contribution is 9.10. The van der Waals surface area contributed by atoms with Crippen LogP contribution in [0.1, 0.15) is 5.56 Å². The standard InChI is InChI=1S/C15H15BrN2O3S/c16-12-3-1-2-11(8-12)9-13-14(19)18(15(20)22-13)10-17-4-6-21-7-5-17/h1-3,8-9H,4-7,10H2/b13-9+. The Morgan fingerprint density at radius 3 is 2.77 bits per heavy atom. The summed E-state index contributed by atoms with van der Waals surface area (Å²) in [5.41, 5.74) is 0.895. The van der Waals surface area contributed by atoms with Gasteiger partial charge in [0.1, 0.15) is 0 Å². The number of imide groups is 1. The SMILES string of the molecule is O=C1S/C(=C/c2cccc(Br)c2)C(=O)N1CN1CCOCC1. The van der Waals surface area contributed by atoms with E-state index in [-0.39, 0.29) is 11.1 Å². The number of thioether (sulfide) groups is 1. The number of carbonyl (C=O) groups excluding carboxylic acids is 2. The van der Waals surface area contributed by atoms with E-state index in [1.54, 1.807) is 6.08 Å². The van der Waals surface area contributed by atoms with E-state index in [2.05, 4.69) is 20.8 Å². The molecule has 0 radical (unpaired) electrons. The number of rotatable bonds is 3. The molecular weight excluding hydrogens is 368 g/mol. The molecule has 1 aromatic carbocycles. The lowest BCUT2D eigenvalue weighted by atomic mass is 10.2. The van der Waals surface area contributed by atoms with Crippen LogP contribution in [-0.2, 0) is 9.53 Å². The molecule has 1 aromatic rings. The van der Waals surface area contributed by atoms with Crippen LogP contribution in [0.15, 0.2) is 33.6 Å². The van der Waals surface area contributed by atoms with Crippen LogP contribution < -0.4 is 0 Å². The average molecular weight is 383 g/mol. The molecule has 7 heteroatoms. The average Bonchev–Trinajstić information content (AvgIpc) is 2.76. The van der Waals surface area contributed by atoms with Crippen LogP contribution in [0.5, 0.6) is 0 Å². The molecule has 116 valence electrons. The number of halogens is 1. The maximum Gasteiger partial charge on any atom is 0.294 e. The lowest BCUT2D eigenvalue weighted by molar-refractivity contribution is -0.125. The zero-order chi connectivity index (χ0) is 15.5. The monoisotopic (exact) mass is 382 g/mol. The van der Waals surface area contributed by atoms with Crippen molar-refractivity contribution in [3.63, 3.8) is 0 Å². The number of benzene rings is 1. The van der Waals surface area contributed by atoms with Crippen molar-refractivity contribution < 1.29 is 14.3 Å². The van der Waals surface area contributed by atoms with Crippen LogP contribution in [0.3, 0.4) is 0 Å². The first-order valence-corrected chi connectivity index (χ1v) is 8.55. The van der Waals surface area contributed by atoms with Gasteiger partial charge in [-0.05, 0) is 35.5 Å². The van der Waals surface area contributed by atoms with Crippen LogP contribution in [0.4, 0.5) is 4.79 Å². The molecule has 0 unspecified atom stereocenters. The number of hydrogen-bond acceptors (Lipinski definition) is 5. The smallest absolute Gasteiger partial charge is 0.294 e. The van der Waals surface area contributed by atoms with E-state index in [0.29, 0.717) is 24.8 Å². The van der Waals surface area contributed by atoms with E-state index in [1.165, 1.54) is 4.90 Å². The van der Waals surface area contributed by atoms with Crippen LogP contribution in [0.25, 0.3) is 6.08 Å². The van der Waals surface area contributed by atoms with Crippen molar-refractivity contribution in [3.05, 3.63) is 39.2 Å². The summed E-state index contributed by atoms with van der Waals surface area (Å²) in [5, 5.41) is -0.210. The Morgan fingerprint density at radius 1 is 1.27 bits per heavy atom. The summed E-state index contributed by atoms with van der Waals surface area (Å²) in [5.74, 6) is -0.221. The molecule has 3 rings (SSSR count). The molecule has 5 nitrogen and oxygen atoms in total. The lowest BCUT2D eigenvalue weighted by Crippen LogP contribution is -2.45. The summed E-state index contributed by atoms with van der Waals surface area (Å²) in [6.07, 6.45) is 1.76. The highest BCUT2D eigenvalue weighted by Crippen LogP contribution is 2.32. The van der Waals surface area contributed by atoms with Crippen molar-refractivity contribution in [2.45, 2.75) is 0 Å². The molecule has 0 spiro atoms. The maximum atomic E-state index is 12.4. The number of nitrogens with zero attached hydrogens (tertiary/aromatic N) is 2. The molecule has 22 heavy (non-hydrogen) atoms. The quantitative estimate of drug-likeness (QED) is 0.752. The Morgan fingerprint density at radius 2 is 2.05 bits per heavy atom. The van der Waals surface area contributed by atoms with Gasteiger partial charge >= 0.3 is 0 Å². The first-order valence-electron chi connectivity index (χ1n) is 6.94. The number of morpholine rings is 1. The number of carbonyl (C=O) groups is 2. The largest absolute Gasteiger partial charge is 0.379 e. The Hall–Kier alpha value is -1.15. The molecular formula is C15H15BrN2O3S. The summed E-state index contributed by atoms with van der Waals surface area (Å²) in [6, 6.07) is 7.63. The summed E-state index contributed by atoms with van der Waals surface area (Å²) in [4.78, 5) is 28.3. The van der Waals surface area contributed by atoms with Crippen LogP contribution >= 0.6 is 27.7 Å². The molecule has 2 amide bonds. The van der Waals surface area contributed by atoms with Gasteiger partial charge in [0.2, 0.25) is 0 Å².